The van der Waals surface area contributed by atoms with E-state index < -0.39 is 0 Å². The van der Waals surface area contributed by atoms with Gasteiger partial charge in [0, 0.05) is 19.3 Å². The van der Waals surface area contributed by atoms with Crippen LogP contribution < -0.4 is 5.32 Å². The van der Waals surface area contributed by atoms with Gasteiger partial charge in [0.1, 0.15) is 0 Å². The molecule has 1 heterocycles. The summed E-state index contributed by atoms with van der Waals surface area (Å²) in [6.07, 6.45) is 1.83. The van der Waals surface area contributed by atoms with E-state index in [0.717, 1.165) is 18.8 Å². The Morgan fingerprint density at radius 3 is 2.65 bits per heavy atom. The van der Waals surface area contributed by atoms with Gasteiger partial charge in [0.25, 0.3) is 0 Å². The number of aromatic nitrogens is 1. The molecule has 0 amide bonds. The fourth-order valence-corrected chi connectivity index (χ4v) is 1.83. The molecule has 0 aliphatic carbocycles. The molecule has 0 unspecified atom stereocenters. The molecule has 2 rings (SSSR count). The molecule has 2 nitrogen and oxygen atoms in total. The molecule has 2 heteroatoms. The molecule has 0 radical (unpaired) electrons. The van der Waals surface area contributed by atoms with Gasteiger partial charge in [-0.1, -0.05) is 24.3 Å². The lowest BCUT2D eigenvalue weighted by Gasteiger charge is -2.09. The van der Waals surface area contributed by atoms with Crippen molar-refractivity contribution in [1.29, 1.82) is 0 Å². The summed E-state index contributed by atoms with van der Waals surface area (Å²) < 4.78 is 0. The van der Waals surface area contributed by atoms with Gasteiger partial charge in [-0.05, 0) is 42.7 Å². The Balaban J connectivity index is 1.93. The lowest BCUT2D eigenvalue weighted by molar-refractivity contribution is 0.677. The van der Waals surface area contributed by atoms with Gasteiger partial charge in [-0.3, -0.25) is 4.98 Å². The number of hydrogen-bond acceptors (Lipinski definition) is 2. The SMILES string of the molecule is Cc1cccc(CNCc2ccccn2)c1C. The van der Waals surface area contributed by atoms with Crippen LogP contribution in [0.5, 0.6) is 0 Å². The van der Waals surface area contributed by atoms with Crippen molar-refractivity contribution in [3.8, 4) is 0 Å². The van der Waals surface area contributed by atoms with Crippen molar-refractivity contribution in [1.82, 2.24) is 10.3 Å². The van der Waals surface area contributed by atoms with Crippen LogP contribution in [0.1, 0.15) is 22.4 Å². The Kier molecular flexibility index (Phi) is 3.89. The number of benzene rings is 1. The summed E-state index contributed by atoms with van der Waals surface area (Å²) in [5.74, 6) is 0. The molecule has 0 atom stereocenters. The first kappa shape index (κ1) is 11.8. The standard InChI is InChI=1S/C15H18N2/c1-12-6-5-7-14(13(12)2)10-16-11-15-8-3-4-9-17-15/h3-9,16H,10-11H2,1-2H3. The largest absolute Gasteiger partial charge is 0.307 e. The van der Waals surface area contributed by atoms with Gasteiger partial charge in [0.2, 0.25) is 0 Å². The van der Waals surface area contributed by atoms with E-state index in [-0.39, 0.29) is 0 Å². The van der Waals surface area contributed by atoms with Gasteiger partial charge in [0.15, 0.2) is 0 Å². The van der Waals surface area contributed by atoms with E-state index in [4.69, 9.17) is 0 Å². The van der Waals surface area contributed by atoms with Crippen LogP contribution in [0.2, 0.25) is 0 Å². The Morgan fingerprint density at radius 1 is 1.00 bits per heavy atom. The first-order valence-corrected chi connectivity index (χ1v) is 5.93. The average Bonchev–Trinajstić information content (AvgIpc) is 2.36. The number of rotatable bonds is 4. The average molecular weight is 226 g/mol. The Morgan fingerprint density at radius 2 is 1.88 bits per heavy atom. The smallest absolute Gasteiger partial charge is 0.0541 e. The van der Waals surface area contributed by atoms with Crippen LogP contribution in [-0.4, -0.2) is 4.98 Å². The van der Waals surface area contributed by atoms with Crippen LogP contribution in [0.25, 0.3) is 0 Å². The minimum absolute atomic E-state index is 0.814. The van der Waals surface area contributed by atoms with E-state index in [1.54, 1.807) is 0 Å². The lowest BCUT2D eigenvalue weighted by atomic mass is 10.0. The highest BCUT2D eigenvalue weighted by atomic mass is 14.9. The molecule has 0 fully saturated rings. The van der Waals surface area contributed by atoms with Crippen molar-refractivity contribution < 1.29 is 0 Å². The van der Waals surface area contributed by atoms with E-state index in [9.17, 15) is 0 Å². The second kappa shape index (κ2) is 5.60. The van der Waals surface area contributed by atoms with Crippen molar-refractivity contribution >= 4 is 0 Å². The maximum atomic E-state index is 4.29. The predicted molar refractivity (Wildman–Crippen MR) is 70.7 cm³/mol. The molecule has 0 saturated heterocycles. The predicted octanol–water partition coefficient (Wildman–Crippen LogP) is 2.99. The van der Waals surface area contributed by atoms with Crippen LogP contribution in [-0.2, 0) is 13.1 Å². The lowest BCUT2D eigenvalue weighted by Crippen LogP contribution is -2.14. The summed E-state index contributed by atoms with van der Waals surface area (Å²) in [7, 11) is 0. The van der Waals surface area contributed by atoms with Gasteiger partial charge >= 0.3 is 0 Å². The Labute approximate surface area is 103 Å². The van der Waals surface area contributed by atoms with Crippen molar-refractivity contribution in [3.05, 3.63) is 65.0 Å². The van der Waals surface area contributed by atoms with Crippen LogP contribution in [0.15, 0.2) is 42.6 Å². The molecule has 0 bridgehead atoms. The zero-order chi connectivity index (χ0) is 12.1. The zero-order valence-corrected chi connectivity index (χ0v) is 10.4. The maximum Gasteiger partial charge on any atom is 0.0541 e. The molecule has 17 heavy (non-hydrogen) atoms. The summed E-state index contributed by atoms with van der Waals surface area (Å²) in [5.41, 5.74) is 5.17. The van der Waals surface area contributed by atoms with Crippen molar-refractivity contribution in [2.45, 2.75) is 26.9 Å². The molecule has 2 aromatic rings. The number of aryl methyl sites for hydroxylation is 1. The van der Waals surface area contributed by atoms with E-state index in [1.165, 1.54) is 16.7 Å². The number of nitrogens with zero attached hydrogens (tertiary/aromatic N) is 1. The maximum absolute atomic E-state index is 4.29. The van der Waals surface area contributed by atoms with Gasteiger partial charge in [-0.2, -0.15) is 0 Å². The Bertz CT molecular complexity index is 478. The summed E-state index contributed by atoms with van der Waals surface area (Å²) in [5, 5.41) is 3.42. The third kappa shape index (κ3) is 3.14. The van der Waals surface area contributed by atoms with Crippen LogP contribution in [0.4, 0.5) is 0 Å². The molecule has 0 spiro atoms. The minimum atomic E-state index is 0.814. The van der Waals surface area contributed by atoms with E-state index in [1.807, 2.05) is 24.4 Å². The van der Waals surface area contributed by atoms with Crippen molar-refractivity contribution in [3.63, 3.8) is 0 Å². The van der Waals surface area contributed by atoms with Crippen molar-refractivity contribution in [2.24, 2.45) is 0 Å². The number of hydrogen-bond donors (Lipinski definition) is 1. The molecule has 1 N–H and O–H groups in total. The van der Waals surface area contributed by atoms with Gasteiger partial charge < -0.3 is 5.32 Å². The van der Waals surface area contributed by atoms with Crippen LogP contribution in [0, 0.1) is 13.8 Å². The quantitative estimate of drug-likeness (QED) is 0.867. The van der Waals surface area contributed by atoms with Crippen LogP contribution in [0.3, 0.4) is 0 Å². The van der Waals surface area contributed by atoms with Gasteiger partial charge in [0.05, 0.1) is 5.69 Å². The first-order valence-electron chi connectivity index (χ1n) is 5.93. The van der Waals surface area contributed by atoms with Crippen LogP contribution >= 0.6 is 0 Å². The minimum Gasteiger partial charge on any atom is -0.307 e. The summed E-state index contributed by atoms with van der Waals surface area (Å²) in [6, 6.07) is 12.4. The van der Waals surface area contributed by atoms with E-state index >= 15 is 0 Å². The third-order valence-electron chi connectivity index (χ3n) is 3.06. The summed E-state index contributed by atoms with van der Waals surface area (Å²) >= 11 is 0. The fourth-order valence-electron chi connectivity index (χ4n) is 1.83. The monoisotopic (exact) mass is 226 g/mol. The van der Waals surface area contributed by atoms with Gasteiger partial charge in [-0.25, -0.2) is 0 Å². The highest BCUT2D eigenvalue weighted by Gasteiger charge is 2.00. The third-order valence-corrected chi connectivity index (χ3v) is 3.06. The molecule has 0 saturated carbocycles. The van der Waals surface area contributed by atoms with Crippen molar-refractivity contribution in [2.75, 3.05) is 0 Å². The fraction of sp³-hybridized carbons (Fsp3) is 0.267. The zero-order valence-electron chi connectivity index (χ0n) is 10.4. The number of nitrogens with one attached hydrogen (secondary N) is 1. The van der Waals surface area contributed by atoms with Gasteiger partial charge in [-0.15, -0.1) is 0 Å². The van der Waals surface area contributed by atoms with E-state index in [2.05, 4.69) is 42.3 Å². The summed E-state index contributed by atoms with van der Waals surface area (Å²) in [6.45, 7) is 6.03. The highest BCUT2D eigenvalue weighted by Crippen LogP contribution is 2.12. The highest BCUT2D eigenvalue weighted by molar-refractivity contribution is 5.32. The van der Waals surface area contributed by atoms with E-state index in [0.29, 0.717) is 0 Å². The second-order valence-electron chi connectivity index (χ2n) is 4.28. The molecule has 88 valence electrons. The molecular weight excluding hydrogens is 208 g/mol. The Hall–Kier alpha value is -1.67. The molecule has 1 aromatic carbocycles. The molecule has 0 aliphatic rings. The second-order valence-corrected chi connectivity index (χ2v) is 4.28. The molecule has 0 aliphatic heterocycles. The molecular formula is C15H18N2. The topological polar surface area (TPSA) is 24.9 Å². The number of pyridine rings is 1. The summed E-state index contributed by atoms with van der Waals surface area (Å²) in [4.78, 5) is 4.29. The molecule has 1 aromatic heterocycles. The normalized spacial score (nSPS) is 10.5. The first-order chi connectivity index (χ1) is 8.27.